The molecule has 0 unspecified atom stereocenters. The Kier molecular flexibility index (Phi) is 39.6. The number of nitrogens with zero attached hydrogens (tertiary/aromatic N) is 5. The van der Waals surface area contributed by atoms with Crippen molar-refractivity contribution in [2.45, 2.75) is 205 Å². The molecule has 0 bridgehead atoms. The van der Waals surface area contributed by atoms with Crippen LogP contribution in [0.25, 0.3) is 0 Å². The summed E-state index contributed by atoms with van der Waals surface area (Å²) in [6.45, 7) is 15.4. The van der Waals surface area contributed by atoms with Crippen molar-refractivity contribution in [3.05, 3.63) is 142 Å². The average Bonchev–Trinajstić information content (AvgIpc) is 1.69. The summed E-state index contributed by atoms with van der Waals surface area (Å²) in [6.07, 6.45) is 33.0. The molecule has 0 radical (unpaired) electrons. The van der Waals surface area contributed by atoms with E-state index in [1.807, 2.05) is 24.5 Å². The summed E-state index contributed by atoms with van der Waals surface area (Å²) < 4.78 is 34.7. The van der Waals surface area contributed by atoms with Crippen LogP contribution in [0.4, 0.5) is 0 Å². The number of rotatable bonds is 17. The van der Waals surface area contributed by atoms with E-state index in [1.165, 1.54) is 81.7 Å². The first-order chi connectivity index (χ1) is 46.2. The standard InChI is InChI=1S/C15H19NO3.C14H19BrClNO.C14H20BrNO2.C14H18ClNO.C13H19BrN2O2.C4H8O.CH4.Na.H/c17-15(18)13-8-12-2-1-11(14(12)16-9-13)7-10-3-5-19-6-4-10;1-10(6-11-2-4-18-5-3-11)14-12(8-16)7-13(15)9-17-14;1-10(6-11-2-4-18-5-3-11)14-12(9-17)7-13(15)8-16-14;15-13-8-12-2-1-11(14(12)16-9-13)7-10-3-5-17-6-4-10;14-11-6-10(8-17)13(16-7-11)12(15)5-9-1-3-18-4-2-9;1-2-4-5-3-1;;;/h8-11H,1-7H2,(H,17,18);7,9-11H,2-6,8H2,1H3;7-8,10-11,17H,2-6,9H2,1H3;8-11H,1-7H2;6-7,9,12,17H,1-5,8,15H2;1-4H2;1H4;;/q;;;;;;;+1;-1/t11-;2*10-;11-;12-;;;;/m00000..../s1. The summed E-state index contributed by atoms with van der Waals surface area (Å²) in [5.41, 5.74) is 17.4. The molecule has 6 fully saturated rings. The second kappa shape index (κ2) is 45.9. The molecule has 22 heteroatoms. The predicted octanol–water partition coefficient (Wildman–Crippen LogP) is 14.7. The SMILES string of the molecule is C.C1CCOC1.C[C@@H](CC1CCOCC1)c1ncc(Br)cc1CCl.C[C@@H](CC1CCOCC1)c1ncc(Br)cc1CO.Clc1cnc2c(c1)CC[C@H]2CC1CCOCC1.N[C@@H](CC1CCOCC1)c1ncc(Br)cc1CO.O=C(O)c1cnc2c(c1)CC[C@H]2CC1CCOCC1.[H-].[Na+]. The van der Waals surface area contributed by atoms with Crippen molar-refractivity contribution in [1.82, 2.24) is 24.9 Å². The number of aliphatic hydroxyl groups is 2. The fourth-order valence-corrected chi connectivity index (χ4v) is 16.2. The second-order valence-electron chi connectivity index (χ2n) is 27.0. The molecule has 6 aliphatic heterocycles. The number of aryl methyl sites for hydroxylation is 2. The van der Waals surface area contributed by atoms with Crippen LogP contribution >= 0.6 is 71.0 Å². The molecule has 13 rings (SSSR count). The fraction of sp³-hybridized carbons (Fsp3) is 0.653. The topological polar surface area (TPSA) is 224 Å². The minimum absolute atomic E-state index is 0. The minimum atomic E-state index is -0.886. The summed E-state index contributed by atoms with van der Waals surface area (Å²) in [5, 5.41) is 28.5. The zero-order valence-corrected chi connectivity index (χ0v) is 65.2. The molecule has 0 spiro atoms. The molecule has 0 aromatic carbocycles. The Morgan fingerprint density at radius 1 is 0.515 bits per heavy atom. The number of hydrogen-bond acceptors (Lipinski definition) is 15. The van der Waals surface area contributed by atoms with Gasteiger partial charge in [0, 0.05) is 181 Å². The third kappa shape index (κ3) is 28.1. The van der Waals surface area contributed by atoms with E-state index in [4.69, 9.17) is 62.5 Å². The largest absolute Gasteiger partial charge is 1.00 e. The fourth-order valence-electron chi connectivity index (χ4n) is 14.6. The minimum Gasteiger partial charge on any atom is -1.00 e. The van der Waals surface area contributed by atoms with Crippen LogP contribution < -0.4 is 35.3 Å². The number of aromatic carboxylic acids is 1. The van der Waals surface area contributed by atoms with E-state index in [1.54, 1.807) is 18.5 Å². The molecule has 2 aliphatic carbocycles. The number of ether oxygens (including phenoxy) is 6. The molecular weight excluding hydrogens is 1480 g/mol. The van der Waals surface area contributed by atoms with Crippen molar-refractivity contribution in [1.29, 1.82) is 0 Å². The van der Waals surface area contributed by atoms with Gasteiger partial charge in [-0.2, -0.15) is 0 Å². The molecule has 11 heterocycles. The summed E-state index contributed by atoms with van der Waals surface area (Å²) in [7, 11) is 0. The van der Waals surface area contributed by atoms with Gasteiger partial charge < -0.3 is 50.9 Å². The molecule has 97 heavy (non-hydrogen) atoms. The van der Waals surface area contributed by atoms with E-state index in [0.717, 1.165) is 237 Å². The molecule has 5 N–H and O–H groups in total. The summed E-state index contributed by atoms with van der Waals surface area (Å²) in [5.74, 6) is 5.34. The van der Waals surface area contributed by atoms with Crippen LogP contribution in [0.15, 0.2) is 74.7 Å². The van der Waals surface area contributed by atoms with Crippen LogP contribution in [-0.2, 0) is 60.4 Å². The molecule has 5 aromatic rings. The van der Waals surface area contributed by atoms with Gasteiger partial charge in [0.1, 0.15) is 0 Å². The van der Waals surface area contributed by atoms with Gasteiger partial charge in [0.05, 0.1) is 29.5 Å². The van der Waals surface area contributed by atoms with Crippen molar-refractivity contribution < 1.29 is 79.5 Å². The molecular formula is C75H108Br3Cl2N6NaO10. The van der Waals surface area contributed by atoms with Gasteiger partial charge >= 0.3 is 35.5 Å². The molecule has 0 saturated carbocycles. The molecule has 16 nitrogen and oxygen atoms in total. The summed E-state index contributed by atoms with van der Waals surface area (Å²) >= 11 is 22.2. The number of carbonyl (C=O) groups is 1. The number of alkyl halides is 1. The predicted molar refractivity (Wildman–Crippen MR) is 392 cm³/mol. The zero-order valence-electron chi connectivity index (χ0n) is 57.9. The number of aliphatic hydroxyl groups excluding tert-OH is 2. The van der Waals surface area contributed by atoms with E-state index in [9.17, 15) is 15.0 Å². The summed E-state index contributed by atoms with van der Waals surface area (Å²) in [6, 6.07) is 9.70. The first-order valence-electron chi connectivity index (χ1n) is 35.0. The second-order valence-corrected chi connectivity index (χ2v) is 30.4. The van der Waals surface area contributed by atoms with Crippen LogP contribution in [0.2, 0.25) is 5.02 Å². The van der Waals surface area contributed by atoms with Crippen LogP contribution in [0, 0.1) is 29.6 Å². The van der Waals surface area contributed by atoms with Crippen molar-refractivity contribution in [3.8, 4) is 0 Å². The average molecular weight is 1590 g/mol. The number of nitrogens with two attached hydrogens (primary N) is 1. The maximum Gasteiger partial charge on any atom is 1.00 e. The van der Waals surface area contributed by atoms with Crippen molar-refractivity contribution >= 4 is 77.0 Å². The van der Waals surface area contributed by atoms with E-state index < -0.39 is 5.97 Å². The molecule has 8 aliphatic rings. The number of carboxylic acids is 1. The third-order valence-corrected chi connectivity index (χ3v) is 21.7. The monoisotopic (exact) mass is 1580 g/mol. The molecule has 5 aromatic heterocycles. The van der Waals surface area contributed by atoms with Gasteiger partial charge in [-0.1, -0.05) is 32.9 Å². The quantitative estimate of drug-likeness (QED) is 0.0502. The Morgan fingerprint density at radius 3 is 1.28 bits per heavy atom. The smallest absolute Gasteiger partial charge is 1.00 e. The van der Waals surface area contributed by atoms with E-state index >= 15 is 0 Å². The zero-order chi connectivity index (χ0) is 67.3. The van der Waals surface area contributed by atoms with Gasteiger partial charge in [-0.3, -0.25) is 24.9 Å². The molecule has 534 valence electrons. The van der Waals surface area contributed by atoms with Crippen LogP contribution in [0.5, 0.6) is 0 Å². The Labute approximate surface area is 637 Å². The number of pyridine rings is 5. The van der Waals surface area contributed by atoms with Gasteiger partial charge in [0.2, 0.25) is 0 Å². The molecule has 5 atom stereocenters. The number of carboxylic acid groups (broad SMARTS) is 1. The van der Waals surface area contributed by atoms with Gasteiger partial charge in [-0.05, 0) is 271 Å². The Morgan fingerprint density at radius 2 is 0.876 bits per heavy atom. The maximum atomic E-state index is 10.9. The third-order valence-electron chi connectivity index (χ3n) is 19.9. The van der Waals surface area contributed by atoms with Gasteiger partial charge in [-0.25, -0.2) is 4.79 Å². The molecule has 6 saturated heterocycles. The number of aromatic nitrogens is 5. The van der Waals surface area contributed by atoms with Crippen LogP contribution in [0.3, 0.4) is 0 Å². The van der Waals surface area contributed by atoms with E-state index in [-0.39, 0.29) is 57.7 Å². The van der Waals surface area contributed by atoms with Crippen molar-refractivity contribution in [2.75, 3.05) is 79.3 Å². The first-order valence-corrected chi connectivity index (χ1v) is 38.3. The van der Waals surface area contributed by atoms with Crippen molar-refractivity contribution in [2.24, 2.45) is 35.3 Å². The van der Waals surface area contributed by atoms with Crippen molar-refractivity contribution in [3.63, 3.8) is 0 Å². The number of hydrogen-bond donors (Lipinski definition) is 4. The number of halogens is 5. The Balaban J connectivity index is 0.000000215. The maximum absolute atomic E-state index is 10.9. The first kappa shape index (κ1) is 83.8. The molecule has 0 amide bonds. The van der Waals surface area contributed by atoms with E-state index in [2.05, 4.69) is 98.7 Å². The normalized spacial score (nSPS) is 20.6. The van der Waals surface area contributed by atoms with Gasteiger partial charge in [0.15, 0.2) is 0 Å². The Hall–Kier alpha value is -2.12. The Bertz CT molecular complexity index is 2900. The van der Waals surface area contributed by atoms with E-state index in [0.29, 0.717) is 41.0 Å². The number of fused-ring (bicyclic) bond motifs is 2. The summed E-state index contributed by atoms with van der Waals surface area (Å²) in [4.78, 5) is 33.3. The van der Waals surface area contributed by atoms with Gasteiger partial charge in [-0.15, -0.1) is 11.6 Å². The van der Waals surface area contributed by atoms with Gasteiger partial charge in [0.25, 0.3) is 0 Å². The van der Waals surface area contributed by atoms with Crippen LogP contribution in [-0.4, -0.2) is 125 Å². The van der Waals surface area contributed by atoms with Crippen LogP contribution in [0.1, 0.15) is 241 Å².